The van der Waals surface area contributed by atoms with E-state index in [1.165, 1.54) is 0 Å². The van der Waals surface area contributed by atoms with E-state index in [1.54, 1.807) is 0 Å². The second-order valence-corrected chi connectivity index (χ2v) is 6.20. The van der Waals surface area contributed by atoms with Crippen molar-refractivity contribution in [1.82, 2.24) is 4.90 Å². The molecule has 2 aliphatic rings. The third kappa shape index (κ3) is 2.83. The van der Waals surface area contributed by atoms with Gasteiger partial charge in [0.1, 0.15) is 6.61 Å². The number of carbonyl (C=O) groups is 1. The SMILES string of the molecule is CC1(CN)CCN(C(=O)C2COc3ccccc3O2)CC1. The first-order chi connectivity index (χ1) is 10.1. The minimum Gasteiger partial charge on any atom is -0.485 e. The van der Waals surface area contributed by atoms with E-state index in [0.29, 0.717) is 18.0 Å². The van der Waals surface area contributed by atoms with Crippen molar-refractivity contribution >= 4 is 5.91 Å². The maximum absolute atomic E-state index is 12.6. The molecule has 2 heterocycles. The Morgan fingerprint density at radius 3 is 2.67 bits per heavy atom. The zero-order valence-corrected chi connectivity index (χ0v) is 12.4. The summed E-state index contributed by atoms with van der Waals surface area (Å²) in [6.45, 7) is 4.62. The molecule has 1 fully saturated rings. The maximum atomic E-state index is 12.6. The monoisotopic (exact) mass is 290 g/mol. The minimum absolute atomic E-state index is 0.0172. The number of piperidine rings is 1. The van der Waals surface area contributed by atoms with Crippen LogP contribution in [0, 0.1) is 5.41 Å². The van der Waals surface area contributed by atoms with E-state index >= 15 is 0 Å². The summed E-state index contributed by atoms with van der Waals surface area (Å²) in [5.41, 5.74) is 5.97. The van der Waals surface area contributed by atoms with Gasteiger partial charge < -0.3 is 20.1 Å². The van der Waals surface area contributed by atoms with Crippen LogP contribution in [0.15, 0.2) is 24.3 Å². The quantitative estimate of drug-likeness (QED) is 0.894. The zero-order valence-electron chi connectivity index (χ0n) is 12.4. The molecule has 3 rings (SSSR count). The van der Waals surface area contributed by atoms with Crippen molar-refractivity contribution in [3.8, 4) is 11.5 Å². The van der Waals surface area contributed by atoms with Crippen molar-refractivity contribution in [1.29, 1.82) is 0 Å². The highest BCUT2D eigenvalue weighted by Gasteiger charge is 2.35. The Hall–Kier alpha value is -1.75. The first-order valence-electron chi connectivity index (χ1n) is 7.49. The number of hydrogen-bond donors (Lipinski definition) is 1. The molecular formula is C16H22N2O3. The summed E-state index contributed by atoms with van der Waals surface area (Å²) in [5, 5.41) is 0. The van der Waals surface area contributed by atoms with Gasteiger partial charge >= 0.3 is 0 Å². The van der Waals surface area contributed by atoms with Crippen molar-refractivity contribution in [3.63, 3.8) is 0 Å². The second kappa shape index (κ2) is 5.56. The minimum atomic E-state index is -0.540. The average molecular weight is 290 g/mol. The Morgan fingerprint density at radius 2 is 2.00 bits per heavy atom. The molecule has 0 bridgehead atoms. The van der Waals surface area contributed by atoms with Gasteiger partial charge in [-0.3, -0.25) is 4.79 Å². The highest BCUT2D eigenvalue weighted by Crippen LogP contribution is 2.33. The number of fused-ring (bicyclic) bond motifs is 1. The smallest absolute Gasteiger partial charge is 0.267 e. The summed E-state index contributed by atoms with van der Waals surface area (Å²) >= 11 is 0. The van der Waals surface area contributed by atoms with Crippen LogP contribution < -0.4 is 15.2 Å². The number of hydrogen-bond acceptors (Lipinski definition) is 4. The highest BCUT2D eigenvalue weighted by molar-refractivity contribution is 5.82. The topological polar surface area (TPSA) is 64.8 Å². The van der Waals surface area contributed by atoms with Gasteiger partial charge in [0.2, 0.25) is 6.10 Å². The molecule has 114 valence electrons. The normalized spacial score (nSPS) is 23.7. The zero-order chi connectivity index (χ0) is 14.9. The molecule has 0 saturated carbocycles. The van der Waals surface area contributed by atoms with Gasteiger partial charge in [-0.25, -0.2) is 0 Å². The molecule has 0 aliphatic carbocycles. The lowest BCUT2D eigenvalue weighted by Crippen LogP contribution is -2.51. The molecule has 5 nitrogen and oxygen atoms in total. The Balaban J connectivity index is 1.63. The number of likely N-dealkylation sites (tertiary alicyclic amines) is 1. The molecule has 0 radical (unpaired) electrons. The van der Waals surface area contributed by atoms with Crippen LogP contribution >= 0.6 is 0 Å². The van der Waals surface area contributed by atoms with Crippen molar-refractivity contribution in [3.05, 3.63) is 24.3 Å². The van der Waals surface area contributed by atoms with Crippen LogP contribution in [0.1, 0.15) is 19.8 Å². The summed E-state index contributed by atoms with van der Waals surface area (Å²) in [4.78, 5) is 14.4. The van der Waals surface area contributed by atoms with E-state index < -0.39 is 6.10 Å². The predicted octanol–water partition coefficient (Wildman–Crippen LogP) is 1.41. The van der Waals surface area contributed by atoms with E-state index in [9.17, 15) is 4.79 Å². The van der Waals surface area contributed by atoms with Crippen LogP contribution in [0.2, 0.25) is 0 Å². The summed E-state index contributed by atoms with van der Waals surface area (Å²) < 4.78 is 11.4. The third-order valence-electron chi connectivity index (χ3n) is 4.56. The number of amides is 1. The number of benzene rings is 1. The number of nitrogens with zero attached hydrogens (tertiary/aromatic N) is 1. The molecule has 1 aromatic carbocycles. The Bertz CT molecular complexity index is 524. The predicted molar refractivity (Wildman–Crippen MR) is 79.3 cm³/mol. The lowest BCUT2D eigenvalue weighted by molar-refractivity contribution is -0.143. The van der Waals surface area contributed by atoms with E-state index in [1.807, 2.05) is 29.2 Å². The summed E-state index contributed by atoms with van der Waals surface area (Å²) in [6, 6.07) is 7.45. The van der Waals surface area contributed by atoms with Gasteiger partial charge in [0.05, 0.1) is 0 Å². The van der Waals surface area contributed by atoms with Crippen LogP contribution in [0.4, 0.5) is 0 Å². The third-order valence-corrected chi connectivity index (χ3v) is 4.56. The molecule has 2 aliphatic heterocycles. The fourth-order valence-corrected chi connectivity index (χ4v) is 2.82. The lowest BCUT2D eigenvalue weighted by Gasteiger charge is -2.40. The van der Waals surface area contributed by atoms with Crippen molar-refractivity contribution in [2.45, 2.75) is 25.9 Å². The number of nitrogens with two attached hydrogens (primary N) is 1. The van der Waals surface area contributed by atoms with E-state index in [4.69, 9.17) is 15.2 Å². The van der Waals surface area contributed by atoms with Crippen LogP contribution in [-0.4, -0.2) is 43.2 Å². The van der Waals surface area contributed by atoms with Gasteiger partial charge in [0, 0.05) is 13.1 Å². The van der Waals surface area contributed by atoms with Gasteiger partial charge in [0.15, 0.2) is 11.5 Å². The van der Waals surface area contributed by atoms with Crippen molar-refractivity contribution in [2.75, 3.05) is 26.2 Å². The van der Waals surface area contributed by atoms with E-state index in [0.717, 1.165) is 25.9 Å². The number of para-hydroxylation sites is 2. The number of rotatable bonds is 2. The molecule has 1 aromatic rings. The standard InChI is InChI=1S/C16H22N2O3/c1-16(11-17)6-8-18(9-7-16)15(19)14-10-20-12-4-2-3-5-13(12)21-14/h2-5,14H,6-11,17H2,1H3. The largest absolute Gasteiger partial charge is 0.485 e. The molecule has 21 heavy (non-hydrogen) atoms. The molecule has 0 aromatic heterocycles. The first kappa shape index (κ1) is 14.2. The van der Waals surface area contributed by atoms with Gasteiger partial charge in [0.25, 0.3) is 5.91 Å². The fraction of sp³-hybridized carbons (Fsp3) is 0.562. The highest BCUT2D eigenvalue weighted by atomic mass is 16.6. The van der Waals surface area contributed by atoms with Gasteiger partial charge in [-0.15, -0.1) is 0 Å². The van der Waals surface area contributed by atoms with E-state index in [-0.39, 0.29) is 17.9 Å². The van der Waals surface area contributed by atoms with Crippen LogP contribution in [-0.2, 0) is 4.79 Å². The molecule has 1 unspecified atom stereocenters. The number of carbonyl (C=O) groups excluding carboxylic acids is 1. The van der Waals surface area contributed by atoms with Crippen LogP contribution in [0.3, 0.4) is 0 Å². The first-order valence-corrected chi connectivity index (χ1v) is 7.49. The molecule has 5 heteroatoms. The Kier molecular flexibility index (Phi) is 3.76. The van der Waals surface area contributed by atoms with Crippen LogP contribution in [0.5, 0.6) is 11.5 Å². The van der Waals surface area contributed by atoms with Crippen molar-refractivity contribution < 1.29 is 14.3 Å². The van der Waals surface area contributed by atoms with Gasteiger partial charge in [-0.1, -0.05) is 19.1 Å². The molecule has 2 N–H and O–H groups in total. The summed E-state index contributed by atoms with van der Waals surface area (Å²) in [6.07, 6.45) is 1.35. The molecule has 0 spiro atoms. The fourth-order valence-electron chi connectivity index (χ4n) is 2.82. The molecule has 1 saturated heterocycles. The van der Waals surface area contributed by atoms with Crippen molar-refractivity contribution in [2.24, 2.45) is 11.1 Å². The van der Waals surface area contributed by atoms with E-state index in [2.05, 4.69) is 6.92 Å². The summed E-state index contributed by atoms with van der Waals surface area (Å²) in [5.74, 6) is 1.37. The molecule has 1 amide bonds. The molecular weight excluding hydrogens is 268 g/mol. The van der Waals surface area contributed by atoms with Gasteiger partial charge in [-0.2, -0.15) is 0 Å². The second-order valence-electron chi connectivity index (χ2n) is 6.20. The molecule has 1 atom stereocenters. The summed E-state index contributed by atoms with van der Waals surface area (Å²) in [7, 11) is 0. The Labute approximate surface area is 125 Å². The maximum Gasteiger partial charge on any atom is 0.267 e. The van der Waals surface area contributed by atoms with Gasteiger partial charge in [-0.05, 0) is 36.9 Å². The Morgan fingerprint density at radius 1 is 1.33 bits per heavy atom. The average Bonchev–Trinajstić information content (AvgIpc) is 2.54. The van der Waals surface area contributed by atoms with Crippen LogP contribution in [0.25, 0.3) is 0 Å². The number of ether oxygens (including phenoxy) is 2. The lowest BCUT2D eigenvalue weighted by atomic mass is 9.80.